The zero-order valence-corrected chi connectivity index (χ0v) is 15.8. The molecule has 29 heavy (non-hydrogen) atoms. The number of aliphatic imine (C=N–C) groups is 2. The van der Waals surface area contributed by atoms with Gasteiger partial charge in [-0.15, -0.1) is 0 Å². The number of benzene rings is 1. The maximum absolute atomic E-state index is 13.8. The van der Waals surface area contributed by atoms with Crippen LogP contribution in [0.5, 0.6) is 0 Å². The highest BCUT2D eigenvalue weighted by Crippen LogP contribution is 2.23. The van der Waals surface area contributed by atoms with Gasteiger partial charge in [-0.25, -0.2) is 18.4 Å². The van der Waals surface area contributed by atoms with Gasteiger partial charge in [0, 0.05) is 19.8 Å². The Balaban J connectivity index is 1.87. The van der Waals surface area contributed by atoms with Crippen LogP contribution in [0.15, 0.2) is 52.5 Å². The quantitative estimate of drug-likeness (QED) is 0.732. The third-order valence-electron chi connectivity index (χ3n) is 4.30. The van der Waals surface area contributed by atoms with Crippen molar-refractivity contribution in [2.75, 3.05) is 25.1 Å². The van der Waals surface area contributed by atoms with Crippen LogP contribution >= 0.6 is 0 Å². The minimum absolute atomic E-state index is 0.145. The number of fused-ring (bicyclic) bond motifs is 1. The van der Waals surface area contributed by atoms with Gasteiger partial charge >= 0.3 is 12.1 Å². The van der Waals surface area contributed by atoms with E-state index in [1.54, 1.807) is 24.3 Å². The largest absolute Gasteiger partial charge is 0.382 e. The van der Waals surface area contributed by atoms with E-state index in [0.717, 1.165) is 12.1 Å². The van der Waals surface area contributed by atoms with E-state index >= 15 is 0 Å². The van der Waals surface area contributed by atoms with Crippen LogP contribution in [0.3, 0.4) is 0 Å². The number of amidine groups is 1. The van der Waals surface area contributed by atoms with Crippen molar-refractivity contribution in [1.82, 2.24) is 4.90 Å². The van der Waals surface area contributed by atoms with E-state index in [1.807, 2.05) is 6.92 Å². The molecule has 3 rings (SSSR count). The number of hydrogen-bond donors (Lipinski definition) is 1. The summed E-state index contributed by atoms with van der Waals surface area (Å²) in [6.45, 7) is 3.08. The molecule has 0 radical (unpaired) electrons. The number of rotatable bonds is 6. The van der Waals surface area contributed by atoms with E-state index in [9.17, 15) is 18.4 Å². The topological polar surface area (TPSA) is 83.4 Å². The molecule has 4 amide bonds. The SMILES string of the molecule is CCOCCCN1C(=O)N=C2C=CC=CC2/C1=N/C(=O)Nc1c(F)cccc1F. The summed E-state index contributed by atoms with van der Waals surface area (Å²) in [7, 11) is 0. The van der Waals surface area contributed by atoms with Crippen LogP contribution < -0.4 is 5.32 Å². The molecule has 2 aliphatic rings. The van der Waals surface area contributed by atoms with Gasteiger partial charge in [0.25, 0.3) is 0 Å². The molecule has 0 spiro atoms. The first kappa shape index (κ1) is 20.5. The molecule has 1 aliphatic carbocycles. The Kier molecular flexibility index (Phi) is 6.61. The molecule has 9 heteroatoms. The number of ether oxygens (including phenoxy) is 1. The summed E-state index contributed by atoms with van der Waals surface area (Å²) in [6.07, 6.45) is 7.39. The van der Waals surface area contributed by atoms with E-state index in [2.05, 4.69) is 15.3 Å². The second-order valence-electron chi connectivity index (χ2n) is 6.24. The number of para-hydroxylation sites is 1. The van der Waals surface area contributed by atoms with Crippen LogP contribution in [0, 0.1) is 17.6 Å². The highest BCUT2D eigenvalue weighted by atomic mass is 19.1. The Hall–Kier alpha value is -3.20. The van der Waals surface area contributed by atoms with Crippen molar-refractivity contribution in [1.29, 1.82) is 0 Å². The van der Waals surface area contributed by atoms with Gasteiger partial charge in [-0.1, -0.05) is 24.3 Å². The summed E-state index contributed by atoms with van der Waals surface area (Å²) in [5, 5.41) is 2.11. The first-order valence-electron chi connectivity index (χ1n) is 9.17. The monoisotopic (exact) mass is 402 g/mol. The second-order valence-corrected chi connectivity index (χ2v) is 6.24. The Morgan fingerprint density at radius 1 is 1.31 bits per heavy atom. The highest BCUT2D eigenvalue weighted by molar-refractivity contribution is 6.24. The van der Waals surface area contributed by atoms with Crippen molar-refractivity contribution in [2.24, 2.45) is 15.9 Å². The molecule has 0 saturated carbocycles. The van der Waals surface area contributed by atoms with Gasteiger partial charge in [0.1, 0.15) is 23.2 Å². The van der Waals surface area contributed by atoms with Gasteiger partial charge in [0.15, 0.2) is 0 Å². The zero-order chi connectivity index (χ0) is 20.8. The molecule has 0 aromatic heterocycles. The van der Waals surface area contributed by atoms with Crippen LogP contribution in [0.25, 0.3) is 0 Å². The van der Waals surface area contributed by atoms with Gasteiger partial charge in [-0.05, 0) is 31.6 Å². The van der Waals surface area contributed by atoms with Crippen LogP contribution in [-0.4, -0.2) is 48.3 Å². The molecule has 0 saturated heterocycles. The average molecular weight is 402 g/mol. The lowest BCUT2D eigenvalue weighted by Gasteiger charge is -2.31. The predicted molar refractivity (Wildman–Crippen MR) is 105 cm³/mol. The van der Waals surface area contributed by atoms with Crippen LogP contribution in [0.4, 0.5) is 24.1 Å². The lowest BCUT2D eigenvalue weighted by atomic mass is 9.94. The van der Waals surface area contributed by atoms with Crippen molar-refractivity contribution in [2.45, 2.75) is 13.3 Å². The Morgan fingerprint density at radius 3 is 2.79 bits per heavy atom. The average Bonchev–Trinajstić information content (AvgIpc) is 2.70. The van der Waals surface area contributed by atoms with E-state index in [-0.39, 0.29) is 12.4 Å². The summed E-state index contributed by atoms with van der Waals surface area (Å²) in [5.74, 6) is -2.21. The first-order valence-corrected chi connectivity index (χ1v) is 9.17. The lowest BCUT2D eigenvalue weighted by molar-refractivity contribution is 0.140. The molecule has 0 fully saturated rings. The van der Waals surface area contributed by atoms with Crippen molar-refractivity contribution in [3.05, 3.63) is 54.1 Å². The molecule has 0 bridgehead atoms. The fraction of sp³-hybridized carbons (Fsp3) is 0.300. The lowest BCUT2D eigenvalue weighted by Crippen LogP contribution is -2.47. The standard InChI is InChI=1S/C20H20F2N4O3/c1-2-29-12-6-11-26-18(13-7-3-4-10-16(13)23-20(26)28)25-19(27)24-17-14(21)8-5-9-15(17)22/h3-5,7-10,13H,2,6,11-12H2,1H3,(H,24,27)/b25-18-. The molecule has 152 valence electrons. The van der Waals surface area contributed by atoms with Crippen LogP contribution in [0.2, 0.25) is 0 Å². The summed E-state index contributed by atoms with van der Waals surface area (Å²) in [4.78, 5) is 34.2. The van der Waals surface area contributed by atoms with Crippen molar-refractivity contribution in [3.8, 4) is 0 Å². The summed E-state index contributed by atoms with van der Waals surface area (Å²) >= 11 is 0. The number of halogens is 2. The molecular formula is C20H20F2N4O3. The van der Waals surface area contributed by atoms with E-state index in [4.69, 9.17) is 4.74 Å². The number of carbonyl (C=O) groups is 2. The summed E-state index contributed by atoms with van der Waals surface area (Å²) in [5.41, 5.74) is -0.151. The predicted octanol–water partition coefficient (Wildman–Crippen LogP) is 3.94. The minimum Gasteiger partial charge on any atom is -0.382 e. The number of amides is 4. The number of nitrogens with one attached hydrogen (secondary N) is 1. The fourth-order valence-electron chi connectivity index (χ4n) is 2.96. The van der Waals surface area contributed by atoms with Crippen LogP contribution in [-0.2, 0) is 4.74 Å². The molecule has 1 atom stereocenters. The molecule has 7 nitrogen and oxygen atoms in total. The zero-order valence-electron chi connectivity index (χ0n) is 15.8. The highest BCUT2D eigenvalue weighted by Gasteiger charge is 2.34. The molecule has 1 aliphatic heterocycles. The van der Waals surface area contributed by atoms with Gasteiger partial charge in [-0.3, -0.25) is 4.90 Å². The molecule has 1 heterocycles. The first-order chi connectivity index (χ1) is 14.0. The van der Waals surface area contributed by atoms with Crippen molar-refractivity contribution in [3.63, 3.8) is 0 Å². The third kappa shape index (κ3) is 4.80. The maximum Gasteiger partial charge on any atom is 0.349 e. The summed E-state index contributed by atoms with van der Waals surface area (Å²) in [6, 6.07) is 1.69. The Morgan fingerprint density at radius 2 is 2.07 bits per heavy atom. The molecular weight excluding hydrogens is 382 g/mol. The van der Waals surface area contributed by atoms with Gasteiger partial charge in [0.2, 0.25) is 0 Å². The van der Waals surface area contributed by atoms with E-state index < -0.39 is 35.3 Å². The van der Waals surface area contributed by atoms with Crippen LogP contribution in [0.1, 0.15) is 13.3 Å². The third-order valence-corrected chi connectivity index (χ3v) is 4.30. The Bertz CT molecular complexity index is 904. The normalized spacial score (nSPS) is 19.3. The van der Waals surface area contributed by atoms with Crippen molar-refractivity contribution < 1.29 is 23.1 Å². The Labute approximate surface area is 166 Å². The number of urea groups is 2. The smallest absolute Gasteiger partial charge is 0.349 e. The molecule has 1 unspecified atom stereocenters. The number of anilines is 1. The number of allylic oxidation sites excluding steroid dienone is 3. The van der Waals surface area contributed by atoms with E-state index in [0.29, 0.717) is 25.3 Å². The molecule has 1 N–H and O–H groups in total. The fourth-order valence-corrected chi connectivity index (χ4v) is 2.96. The van der Waals surface area contributed by atoms with Gasteiger partial charge < -0.3 is 10.1 Å². The molecule has 1 aromatic carbocycles. The maximum atomic E-state index is 13.8. The summed E-state index contributed by atoms with van der Waals surface area (Å²) < 4.78 is 32.9. The van der Waals surface area contributed by atoms with Gasteiger partial charge in [0.05, 0.1) is 11.6 Å². The molecule has 1 aromatic rings. The number of nitrogens with zero attached hydrogens (tertiary/aromatic N) is 3. The number of hydrogen-bond acceptors (Lipinski definition) is 3. The second kappa shape index (κ2) is 9.33. The minimum atomic E-state index is -0.990. The van der Waals surface area contributed by atoms with Gasteiger partial charge in [-0.2, -0.15) is 9.98 Å². The van der Waals surface area contributed by atoms with E-state index in [1.165, 1.54) is 11.0 Å². The number of carbonyl (C=O) groups excluding carboxylic acids is 2. The van der Waals surface area contributed by atoms with Crippen molar-refractivity contribution >= 4 is 29.3 Å².